The van der Waals surface area contributed by atoms with Gasteiger partial charge in [-0.3, -0.25) is 0 Å². The Balaban J connectivity index is 4.25. The number of ether oxygens (including phenoxy) is 1. The quantitative estimate of drug-likeness (QED) is 0.712. The van der Waals surface area contributed by atoms with Crippen molar-refractivity contribution in [2.75, 3.05) is 26.5 Å². The summed E-state index contributed by atoms with van der Waals surface area (Å²) in [5.41, 5.74) is 0. The van der Waals surface area contributed by atoms with Crippen LogP contribution < -0.4 is 5.32 Å². The van der Waals surface area contributed by atoms with Crippen molar-refractivity contribution in [1.82, 2.24) is 5.32 Å². The average molecular weight is 237 g/mol. The predicted octanol–water partition coefficient (Wildman–Crippen LogP) is 0.824. The van der Waals surface area contributed by atoms with E-state index in [9.17, 15) is 8.42 Å². The Kier molecular flexibility index (Phi) is 5.77. The first-order valence-electron chi connectivity index (χ1n) is 5.16. The van der Waals surface area contributed by atoms with E-state index in [0.29, 0.717) is 13.2 Å². The second-order valence-electron chi connectivity index (χ2n) is 4.47. The molecule has 1 N–H and O–H groups in total. The highest BCUT2D eigenvalue weighted by Crippen LogP contribution is 2.13. The van der Waals surface area contributed by atoms with Crippen LogP contribution in [0.15, 0.2) is 0 Å². The second kappa shape index (κ2) is 5.82. The van der Waals surface area contributed by atoms with E-state index in [2.05, 4.69) is 5.32 Å². The van der Waals surface area contributed by atoms with E-state index >= 15 is 0 Å². The molecule has 92 valence electrons. The summed E-state index contributed by atoms with van der Waals surface area (Å²) in [6.45, 7) is 6.57. The van der Waals surface area contributed by atoms with Gasteiger partial charge in [0.05, 0.1) is 11.4 Å². The van der Waals surface area contributed by atoms with E-state index in [0.717, 1.165) is 6.42 Å². The fourth-order valence-electron chi connectivity index (χ4n) is 1.04. The van der Waals surface area contributed by atoms with Crippen LogP contribution in [0, 0.1) is 0 Å². The third-order valence-electron chi connectivity index (χ3n) is 2.68. The Labute approximate surface area is 93.3 Å². The van der Waals surface area contributed by atoms with Gasteiger partial charge in [-0.2, -0.15) is 0 Å². The summed E-state index contributed by atoms with van der Waals surface area (Å²) < 4.78 is 27.2. The third-order valence-corrected chi connectivity index (χ3v) is 4.83. The van der Waals surface area contributed by atoms with Crippen molar-refractivity contribution in [3.8, 4) is 0 Å². The molecule has 0 aromatic rings. The summed E-state index contributed by atoms with van der Waals surface area (Å²) >= 11 is 0. The van der Waals surface area contributed by atoms with Crippen molar-refractivity contribution in [3.05, 3.63) is 0 Å². The van der Waals surface area contributed by atoms with Gasteiger partial charge >= 0.3 is 0 Å². The van der Waals surface area contributed by atoms with Gasteiger partial charge in [-0.15, -0.1) is 0 Å². The summed E-state index contributed by atoms with van der Waals surface area (Å²) in [5.74, 6) is 0. The van der Waals surface area contributed by atoms with Crippen LogP contribution in [-0.2, 0) is 14.6 Å². The fraction of sp³-hybridized carbons (Fsp3) is 1.00. The van der Waals surface area contributed by atoms with E-state index in [1.807, 2.05) is 6.92 Å². The number of nitrogens with one attached hydrogen (secondary N) is 1. The van der Waals surface area contributed by atoms with Crippen LogP contribution in [0.1, 0.15) is 27.2 Å². The second-order valence-corrected chi connectivity index (χ2v) is 7.12. The van der Waals surface area contributed by atoms with Crippen molar-refractivity contribution in [2.24, 2.45) is 0 Å². The van der Waals surface area contributed by atoms with Gasteiger partial charge in [0, 0.05) is 26.0 Å². The van der Waals surface area contributed by atoms with Gasteiger partial charge in [-0.1, -0.05) is 6.92 Å². The maximum Gasteiger partial charge on any atom is 0.153 e. The lowest BCUT2D eigenvalue weighted by Crippen LogP contribution is -2.46. The molecule has 0 aliphatic heterocycles. The van der Waals surface area contributed by atoms with E-state index in [1.165, 1.54) is 6.26 Å². The molecule has 0 radical (unpaired) electrons. The van der Waals surface area contributed by atoms with E-state index in [1.54, 1.807) is 21.0 Å². The lowest BCUT2D eigenvalue weighted by molar-refractivity contribution is 0.163. The van der Waals surface area contributed by atoms with Crippen LogP contribution in [0.2, 0.25) is 0 Å². The van der Waals surface area contributed by atoms with Gasteiger partial charge in [-0.05, 0) is 20.3 Å². The minimum absolute atomic E-state index is 0.219. The van der Waals surface area contributed by atoms with Crippen molar-refractivity contribution in [2.45, 2.75) is 38.0 Å². The maximum atomic E-state index is 11.4. The van der Waals surface area contributed by atoms with Crippen LogP contribution in [0.25, 0.3) is 0 Å². The molecule has 0 aliphatic rings. The number of methoxy groups -OCH3 is 1. The zero-order chi connectivity index (χ0) is 12.1. The van der Waals surface area contributed by atoms with Crippen molar-refractivity contribution >= 4 is 9.84 Å². The maximum absolute atomic E-state index is 11.4. The first-order valence-corrected chi connectivity index (χ1v) is 7.05. The SMILES string of the molecule is CCC(COC)NCC(C)(C)S(C)(=O)=O. The molecule has 0 spiro atoms. The molecule has 15 heavy (non-hydrogen) atoms. The van der Waals surface area contributed by atoms with Gasteiger partial charge in [-0.25, -0.2) is 8.42 Å². The number of rotatable bonds is 7. The zero-order valence-electron chi connectivity index (χ0n) is 10.3. The van der Waals surface area contributed by atoms with Crippen LogP contribution in [-0.4, -0.2) is 45.7 Å². The van der Waals surface area contributed by atoms with Gasteiger partial charge in [0.2, 0.25) is 0 Å². The minimum Gasteiger partial charge on any atom is -0.383 e. The molecule has 0 rings (SSSR count). The molecule has 0 saturated heterocycles. The average Bonchev–Trinajstić information content (AvgIpc) is 2.10. The van der Waals surface area contributed by atoms with E-state index in [-0.39, 0.29) is 6.04 Å². The van der Waals surface area contributed by atoms with Crippen molar-refractivity contribution in [3.63, 3.8) is 0 Å². The van der Waals surface area contributed by atoms with E-state index < -0.39 is 14.6 Å². The first kappa shape index (κ1) is 14.9. The van der Waals surface area contributed by atoms with Crippen LogP contribution >= 0.6 is 0 Å². The highest BCUT2D eigenvalue weighted by Gasteiger charge is 2.30. The number of sulfone groups is 1. The van der Waals surface area contributed by atoms with E-state index in [4.69, 9.17) is 4.74 Å². The molecule has 0 amide bonds. The smallest absolute Gasteiger partial charge is 0.153 e. The van der Waals surface area contributed by atoms with Crippen molar-refractivity contribution in [1.29, 1.82) is 0 Å². The number of hydrogen-bond donors (Lipinski definition) is 1. The molecule has 0 aliphatic carbocycles. The minimum atomic E-state index is -3.02. The molecule has 5 heteroatoms. The Morgan fingerprint density at radius 3 is 2.27 bits per heavy atom. The summed E-state index contributed by atoms with van der Waals surface area (Å²) in [7, 11) is -1.38. The monoisotopic (exact) mass is 237 g/mol. The molecule has 0 saturated carbocycles. The first-order chi connectivity index (χ1) is 6.74. The molecule has 0 aromatic heterocycles. The summed E-state index contributed by atoms with van der Waals surface area (Å²) in [4.78, 5) is 0. The lowest BCUT2D eigenvalue weighted by Gasteiger charge is -2.26. The molecular formula is C10H23NO3S. The fourth-order valence-corrected chi connectivity index (χ4v) is 1.39. The molecule has 0 heterocycles. The third kappa shape index (κ3) is 4.95. The Morgan fingerprint density at radius 1 is 1.40 bits per heavy atom. The summed E-state index contributed by atoms with van der Waals surface area (Å²) in [6, 6.07) is 0.219. The standard InChI is InChI=1S/C10H23NO3S/c1-6-9(7-14-4)11-8-10(2,3)15(5,12)13/h9,11H,6-8H2,1-5H3. The van der Waals surface area contributed by atoms with Gasteiger partial charge in [0.15, 0.2) is 9.84 Å². The van der Waals surface area contributed by atoms with Crippen LogP contribution in [0.4, 0.5) is 0 Å². The largest absolute Gasteiger partial charge is 0.383 e. The van der Waals surface area contributed by atoms with Crippen LogP contribution in [0.3, 0.4) is 0 Å². The van der Waals surface area contributed by atoms with Crippen molar-refractivity contribution < 1.29 is 13.2 Å². The summed E-state index contributed by atoms with van der Waals surface area (Å²) in [5, 5.41) is 3.21. The van der Waals surface area contributed by atoms with Gasteiger partial charge in [0.25, 0.3) is 0 Å². The summed E-state index contributed by atoms with van der Waals surface area (Å²) in [6.07, 6.45) is 2.19. The Hall–Kier alpha value is -0.130. The molecule has 1 atom stereocenters. The predicted molar refractivity (Wildman–Crippen MR) is 62.9 cm³/mol. The van der Waals surface area contributed by atoms with Gasteiger partial charge in [0.1, 0.15) is 0 Å². The topological polar surface area (TPSA) is 55.4 Å². The molecular weight excluding hydrogens is 214 g/mol. The lowest BCUT2D eigenvalue weighted by atomic mass is 10.1. The highest BCUT2D eigenvalue weighted by molar-refractivity contribution is 7.92. The molecule has 1 unspecified atom stereocenters. The molecule has 0 aromatic carbocycles. The van der Waals surface area contributed by atoms with Crippen LogP contribution in [0.5, 0.6) is 0 Å². The molecule has 4 nitrogen and oxygen atoms in total. The Morgan fingerprint density at radius 2 is 1.93 bits per heavy atom. The van der Waals surface area contributed by atoms with Gasteiger partial charge < -0.3 is 10.1 Å². The molecule has 0 bridgehead atoms. The molecule has 0 fully saturated rings. The Bertz CT molecular complexity index is 272. The zero-order valence-corrected chi connectivity index (χ0v) is 11.1. The normalized spacial score (nSPS) is 15.3. The number of hydrogen-bond acceptors (Lipinski definition) is 4. The highest BCUT2D eigenvalue weighted by atomic mass is 32.2.